The molecule has 0 saturated carbocycles. The molecule has 0 aromatic carbocycles. The Labute approximate surface area is 92.9 Å². The molecule has 1 rings (SSSR count). The minimum Gasteiger partial charge on any atom is -0.438 e. The molecule has 0 unspecified atom stereocenters. The summed E-state index contributed by atoms with van der Waals surface area (Å²) in [6.45, 7) is 0.659. The maximum Gasteiger partial charge on any atom is 0.507 e. The van der Waals surface area contributed by atoms with E-state index >= 15 is 0 Å². The molecule has 0 spiro atoms. The average Bonchev–Trinajstić information content (AvgIpc) is 2.81. The highest BCUT2D eigenvalue weighted by molar-refractivity contribution is 5.92. The molecule has 0 radical (unpaired) electrons. The molecule has 88 valence electrons. The van der Waals surface area contributed by atoms with Crippen molar-refractivity contribution in [2.24, 2.45) is 0 Å². The molecule has 1 aromatic heterocycles. The number of carbonyl (C=O) groups is 2. The van der Waals surface area contributed by atoms with Gasteiger partial charge in [0.2, 0.25) is 0 Å². The summed E-state index contributed by atoms with van der Waals surface area (Å²) < 4.78 is 8.93. The van der Waals surface area contributed by atoms with Crippen LogP contribution >= 0.6 is 0 Å². The fourth-order valence-corrected chi connectivity index (χ4v) is 1.06. The summed E-state index contributed by atoms with van der Waals surface area (Å²) in [5.41, 5.74) is 0.508. The smallest absolute Gasteiger partial charge is 0.438 e. The van der Waals surface area contributed by atoms with Crippen molar-refractivity contribution in [1.29, 1.82) is 0 Å². The molecule has 1 heterocycles. The van der Waals surface area contributed by atoms with E-state index in [2.05, 4.69) is 19.8 Å². The fourth-order valence-electron chi connectivity index (χ4n) is 1.06. The predicted molar refractivity (Wildman–Crippen MR) is 56.1 cm³/mol. The van der Waals surface area contributed by atoms with Crippen LogP contribution in [0.25, 0.3) is 0 Å². The van der Waals surface area contributed by atoms with Crippen molar-refractivity contribution in [3.8, 4) is 0 Å². The van der Waals surface area contributed by atoms with E-state index in [1.165, 1.54) is 7.11 Å². The van der Waals surface area contributed by atoms with Gasteiger partial charge in [0, 0.05) is 12.7 Å². The van der Waals surface area contributed by atoms with Gasteiger partial charge in [0.05, 0.1) is 13.7 Å². The number of amides is 1. The monoisotopic (exact) mass is 226 g/mol. The van der Waals surface area contributed by atoms with Crippen LogP contribution in [0.3, 0.4) is 0 Å². The van der Waals surface area contributed by atoms with E-state index in [0.717, 1.165) is 0 Å². The third-order valence-electron chi connectivity index (χ3n) is 1.84. The first-order valence-corrected chi connectivity index (χ1v) is 4.86. The molecule has 0 bridgehead atoms. The minimum absolute atomic E-state index is 0.178. The van der Waals surface area contributed by atoms with Crippen LogP contribution in [-0.2, 0) is 9.47 Å². The maximum absolute atomic E-state index is 11.4. The molecule has 1 aromatic rings. The predicted octanol–water partition coefficient (Wildman–Crippen LogP) is 0.918. The summed E-state index contributed by atoms with van der Waals surface area (Å²) in [5, 5.41) is 2.67. The van der Waals surface area contributed by atoms with Crippen LogP contribution in [0.4, 0.5) is 4.79 Å². The van der Waals surface area contributed by atoms with Crippen LogP contribution in [0.5, 0.6) is 0 Å². The Morgan fingerprint density at radius 2 is 2.31 bits per heavy atom. The SMILES string of the molecule is COC(=O)OCCCNC(=O)c1ccc[nH]1. The van der Waals surface area contributed by atoms with Gasteiger partial charge in [-0.25, -0.2) is 4.79 Å². The highest BCUT2D eigenvalue weighted by Gasteiger charge is 2.04. The van der Waals surface area contributed by atoms with E-state index in [1.807, 2.05) is 0 Å². The van der Waals surface area contributed by atoms with Gasteiger partial charge in [0.25, 0.3) is 5.91 Å². The lowest BCUT2D eigenvalue weighted by Gasteiger charge is -2.04. The standard InChI is InChI=1S/C10H14N2O4/c1-15-10(14)16-7-3-6-12-9(13)8-4-2-5-11-8/h2,4-5,11H,3,6-7H2,1H3,(H,12,13). The molecule has 6 heteroatoms. The number of ether oxygens (including phenoxy) is 2. The molecular formula is C10H14N2O4. The summed E-state index contributed by atoms with van der Waals surface area (Å²) in [7, 11) is 1.25. The molecule has 0 aliphatic carbocycles. The Bertz CT molecular complexity index is 335. The van der Waals surface area contributed by atoms with Crippen molar-refractivity contribution in [3.05, 3.63) is 24.0 Å². The van der Waals surface area contributed by atoms with E-state index in [0.29, 0.717) is 18.7 Å². The Balaban J connectivity index is 2.08. The number of hydrogen-bond donors (Lipinski definition) is 2. The maximum atomic E-state index is 11.4. The van der Waals surface area contributed by atoms with Gasteiger partial charge in [0.15, 0.2) is 0 Å². The van der Waals surface area contributed by atoms with Crippen LogP contribution < -0.4 is 5.32 Å². The van der Waals surface area contributed by atoms with Crippen LogP contribution in [0.15, 0.2) is 18.3 Å². The van der Waals surface area contributed by atoms with E-state index in [1.54, 1.807) is 18.3 Å². The van der Waals surface area contributed by atoms with Crippen LogP contribution in [-0.4, -0.2) is 37.3 Å². The number of aromatic nitrogens is 1. The highest BCUT2D eigenvalue weighted by Crippen LogP contribution is 1.93. The minimum atomic E-state index is -0.712. The zero-order valence-electron chi connectivity index (χ0n) is 8.99. The summed E-state index contributed by atoms with van der Waals surface area (Å²) in [6.07, 6.45) is 1.51. The number of methoxy groups -OCH3 is 1. The van der Waals surface area contributed by atoms with Crippen molar-refractivity contribution in [3.63, 3.8) is 0 Å². The third-order valence-corrected chi connectivity index (χ3v) is 1.84. The molecule has 1 amide bonds. The zero-order valence-corrected chi connectivity index (χ0v) is 8.99. The fraction of sp³-hybridized carbons (Fsp3) is 0.400. The van der Waals surface area contributed by atoms with Crippen molar-refractivity contribution in [2.75, 3.05) is 20.3 Å². The number of aromatic amines is 1. The molecule has 16 heavy (non-hydrogen) atoms. The Kier molecular flexibility index (Phi) is 4.91. The summed E-state index contributed by atoms with van der Waals surface area (Å²) in [6, 6.07) is 3.43. The molecule has 0 saturated heterocycles. The summed E-state index contributed by atoms with van der Waals surface area (Å²) >= 11 is 0. The second kappa shape index (κ2) is 6.49. The lowest BCUT2D eigenvalue weighted by atomic mass is 10.4. The van der Waals surface area contributed by atoms with Gasteiger partial charge in [-0.3, -0.25) is 4.79 Å². The number of carbonyl (C=O) groups excluding carboxylic acids is 2. The summed E-state index contributed by atoms with van der Waals surface area (Å²) in [4.78, 5) is 24.7. The van der Waals surface area contributed by atoms with Gasteiger partial charge >= 0.3 is 6.16 Å². The molecule has 6 nitrogen and oxygen atoms in total. The molecule has 0 fully saturated rings. The van der Waals surface area contributed by atoms with Crippen LogP contribution in [0.2, 0.25) is 0 Å². The third kappa shape index (κ3) is 4.04. The number of hydrogen-bond acceptors (Lipinski definition) is 4. The van der Waals surface area contributed by atoms with Crippen molar-refractivity contribution >= 4 is 12.1 Å². The second-order valence-electron chi connectivity index (χ2n) is 3.00. The molecule has 2 N–H and O–H groups in total. The highest BCUT2D eigenvalue weighted by atomic mass is 16.7. The van der Waals surface area contributed by atoms with Gasteiger partial charge in [-0.1, -0.05) is 0 Å². The van der Waals surface area contributed by atoms with Crippen molar-refractivity contribution in [2.45, 2.75) is 6.42 Å². The van der Waals surface area contributed by atoms with Crippen LogP contribution in [0.1, 0.15) is 16.9 Å². The van der Waals surface area contributed by atoms with E-state index < -0.39 is 6.16 Å². The average molecular weight is 226 g/mol. The van der Waals surface area contributed by atoms with Crippen molar-refractivity contribution < 1.29 is 19.1 Å². The zero-order chi connectivity index (χ0) is 11.8. The van der Waals surface area contributed by atoms with E-state index in [9.17, 15) is 9.59 Å². The molecule has 0 aliphatic heterocycles. The van der Waals surface area contributed by atoms with Gasteiger partial charge in [0.1, 0.15) is 5.69 Å². The normalized spacial score (nSPS) is 9.56. The first-order chi connectivity index (χ1) is 7.74. The van der Waals surface area contributed by atoms with E-state index in [-0.39, 0.29) is 12.5 Å². The molecular weight excluding hydrogens is 212 g/mol. The lowest BCUT2D eigenvalue weighted by Crippen LogP contribution is -2.25. The number of nitrogens with one attached hydrogen (secondary N) is 2. The molecule has 0 atom stereocenters. The number of rotatable bonds is 5. The number of H-pyrrole nitrogens is 1. The van der Waals surface area contributed by atoms with Gasteiger partial charge in [-0.05, 0) is 18.6 Å². The quantitative estimate of drug-likeness (QED) is 0.577. The Hall–Kier alpha value is -1.98. The Morgan fingerprint density at radius 3 is 2.94 bits per heavy atom. The first kappa shape index (κ1) is 12.1. The van der Waals surface area contributed by atoms with Gasteiger partial charge < -0.3 is 19.8 Å². The lowest BCUT2D eigenvalue weighted by molar-refractivity contribution is 0.0716. The summed E-state index contributed by atoms with van der Waals surface area (Å²) in [5.74, 6) is -0.178. The largest absolute Gasteiger partial charge is 0.507 e. The second-order valence-corrected chi connectivity index (χ2v) is 3.00. The van der Waals surface area contributed by atoms with Gasteiger partial charge in [-0.2, -0.15) is 0 Å². The first-order valence-electron chi connectivity index (χ1n) is 4.86. The van der Waals surface area contributed by atoms with Crippen LogP contribution in [0, 0.1) is 0 Å². The van der Waals surface area contributed by atoms with E-state index in [4.69, 9.17) is 0 Å². The Morgan fingerprint density at radius 1 is 1.50 bits per heavy atom. The van der Waals surface area contributed by atoms with Crippen molar-refractivity contribution in [1.82, 2.24) is 10.3 Å². The topological polar surface area (TPSA) is 80.4 Å². The van der Waals surface area contributed by atoms with Gasteiger partial charge in [-0.15, -0.1) is 0 Å². The molecule has 0 aliphatic rings.